The molecule has 0 spiro atoms. The Labute approximate surface area is 116 Å². The molecule has 1 aliphatic rings. The summed E-state index contributed by atoms with van der Waals surface area (Å²) in [6.45, 7) is 8.43. The molecule has 0 aliphatic carbocycles. The Morgan fingerprint density at radius 3 is 2.88 bits per heavy atom. The molecule has 1 saturated heterocycles. The van der Waals surface area contributed by atoms with E-state index in [-0.39, 0.29) is 0 Å². The summed E-state index contributed by atoms with van der Waals surface area (Å²) in [4.78, 5) is 2.79. The molecule has 0 saturated carbocycles. The van der Waals surface area contributed by atoms with E-state index in [2.05, 4.69) is 48.1 Å². The van der Waals surface area contributed by atoms with E-state index in [1.807, 2.05) is 11.3 Å². The third-order valence-corrected chi connectivity index (χ3v) is 5.69. The van der Waals surface area contributed by atoms with Crippen molar-refractivity contribution in [3.63, 3.8) is 0 Å². The number of nitrogens with one attached hydrogen (secondary N) is 1. The second-order valence-electron chi connectivity index (χ2n) is 4.62. The van der Waals surface area contributed by atoms with Gasteiger partial charge in [-0.25, -0.2) is 0 Å². The van der Waals surface area contributed by atoms with Crippen LogP contribution in [0.3, 0.4) is 0 Å². The van der Waals surface area contributed by atoms with Crippen molar-refractivity contribution in [2.24, 2.45) is 5.92 Å². The van der Waals surface area contributed by atoms with Gasteiger partial charge in [0.15, 0.2) is 0 Å². The zero-order valence-corrected chi connectivity index (χ0v) is 13.0. The fourth-order valence-electron chi connectivity index (χ4n) is 2.50. The molecule has 1 aromatic rings. The van der Waals surface area contributed by atoms with E-state index < -0.39 is 0 Å². The van der Waals surface area contributed by atoms with Gasteiger partial charge < -0.3 is 10.1 Å². The molecule has 2 nitrogen and oxygen atoms in total. The van der Waals surface area contributed by atoms with Crippen LogP contribution in [0.4, 0.5) is 0 Å². The Bertz CT molecular complexity index is 360. The van der Waals surface area contributed by atoms with Crippen LogP contribution in [0, 0.1) is 12.8 Å². The first kappa shape index (κ1) is 13.5. The van der Waals surface area contributed by atoms with Gasteiger partial charge in [0.2, 0.25) is 0 Å². The molecule has 0 bridgehead atoms. The molecule has 0 aromatic carbocycles. The zero-order valence-electron chi connectivity index (χ0n) is 10.6. The summed E-state index contributed by atoms with van der Waals surface area (Å²) < 4.78 is 6.93. The second-order valence-corrected chi connectivity index (χ2v) is 6.76. The van der Waals surface area contributed by atoms with E-state index in [4.69, 9.17) is 4.74 Å². The van der Waals surface area contributed by atoms with Crippen molar-refractivity contribution < 1.29 is 4.74 Å². The number of hydrogen-bond donors (Lipinski definition) is 1. The molecule has 0 radical (unpaired) electrons. The molecule has 2 heterocycles. The number of hydrogen-bond acceptors (Lipinski definition) is 3. The Balaban J connectivity index is 2.21. The van der Waals surface area contributed by atoms with Crippen molar-refractivity contribution in [2.75, 3.05) is 13.2 Å². The molecule has 1 aliphatic heterocycles. The molecule has 96 valence electrons. The first-order valence-electron chi connectivity index (χ1n) is 6.24. The first-order valence-corrected chi connectivity index (χ1v) is 7.85. The number of aryl methyl sites for hydroxylation is 1. The molecule has 1 fully saturated rings. The van der Waals surface area contributed by atoms with Gasteiger partial charge in [-0.1, -0.05) is 6.92 Å². The Morgan fingerprint density at radius 1 is 1.65 bits per heavy atom. The van der Waals surface area contributed by atoms with Gasteiger partial charge >= 0.3 is 0 Å². The second kappa shape index (κ2) is 5.83. The number of thiophene rings is 1. The molecule has 1 aromatic heterocycles. The van der Waals surface area contributed by atoms with Crippen LogP contribution in [0.15, 0.2) is 10.5 Å². The van der Waals surface area contributed by atoms with Crippen LogP contribution in [0.2, 0.25) is 0 Å². The van der Waals surface area contributed by atoms with E-state index in [9.17, 15) is 0 Å². The summed E-state index contributed by atoms with van der Waals surface area (Å²) in [6.07, 6.45) is 1.52. The maximum atomic E-state index is 5.70. The average Bonchev–Trinajstić information content (AvgIpc) is 2.83. The largest absolute Gasteiger partial charge is 0.378 e. The van der Waals surface area contributed by atoms with Crippen molar-refractivity contribution in [1.29, 1.82) is 0 Å². The Hall–Kier alpha value is 0.1000. The molecule has 4 heteroatoms. The van der Waals surface area contributed by atoms with Crippen LogP contribution < -0.4 is 5.32 Å². The molecule has 3 unspecified atom stereocenters. The predicted octanol–water partition coefficient (Wildman–Crippen LogP) is 3.89. The van der Waals surface area contributed by atoms with Crippen LogP contribution in [0.25, 0.3) is 0 Å². The lowest BCUT2D eigenvalue weighted by Gasteiger charge is -2.25. The maximum Gasteiger partial charge on any atom is 0.0594 e. The fraction of sp³-hybridized carbons (Fsp3) is 0.692. The highest BCUT2D eigenvalue weighted by Crippen LogP contribution is 2.38. The average molecular weight is 318 g/mol. The highest BCUT2D eigenvalue weighted by atomic mass is 79.9. The molecule has 2 rings (SSSR count). The standard InChI is InChI=1S/C13H20BrNOS/c1-4-15-13(10-5-6-16-8(10)2)12-7-11(14)9(3)17-12/h7-8,10,13,15H,4-6H2,1-3H3. The van der Waals surface area contributed by atoms with E-state index in [1.54, 1.807) is 0 Å². The summed E-state index contributed by atoms with van der Waals surface area (Å²) in [6, 6.07) is 2.70. The highest BCUT2D eigenvalue weighted by Gasteiger charge is 2.33. The third kappa shape index (κ3) is 2.92. The molecule has 3 atom stereocenters. The minimum absolute atomic E-state index is 0.361. The van der Waals surface area contributed by atoms with Crippen molar-refractivity contribution in [1.82, 2.24) is 5.32 Å². The predicted molar refractivity (Wildman–Crippen MR) is 76.7 cm³/mol. The summed E-state index contributed by atoms with van der Waals surface area (Å²) in [7, 11) is 0. The smallest absolute Gasteiger partial charge is 0.0594 e. The number of ether oxygens (including phenoxy) is 1. The molecular weight excluding hydrogens is 298 g/mol. The van der Waals surface area contributed by atoms with Gasteiger partial charge in [-0.15, -0.1) is 11.3 Å². The van der Waals surface area contributed by atoms with Crippen LogP contribution in [-0.2, 0) is 4.74 Å². The van der Waals surface area contributed by atoms with E-state index in [0.717, 1.165) is 19.6 Å². The van der Waals surface area contributed by atoms with Crippen LogP contribution >= 0.6 is 27.3 Å². The van der Waals surface area contributed by atoms with Crippen LogP contribution in [-0.4, -0.2) is 19.3 Å². The van der Waals surface area contributed by atoms with Crippen LogP contribution in [0.1, 0.15) is 36.1 Å². The summed E-state index contributed by atoms with van der Waals surface area (Å²) in [5.74, 6) is 0.597. The zero-order chi connectivity index (χ0) is 12.4. The van der Waals surface area contributed by atoms with Gasteiger partial charge in [0.1, 0.15) is 0 Å². The van der Waals surface area contributed by atoms with E-state index >= 15 is 0 Å². The number of rotatable bonds is 4. The van der Waals surface area contributed by atoms with Gasteiger partial charge in [0.25, 0.3) is 0 Å². The molecule has 17 heavy (non-hydrogen) atoms. The normalized spacial score (nSPS) is 26.4. The highest BCUT2D eigenvalue weighted by molar-refractivity contribution is 9.10. The van der Waals surface area contributed by atoms with E-state index in [1.165, 1.54) is 14.2 Å². The van der Waals surface area contributed by atoms with Crippen molar-refractivity contribution in [3.8, 4) is 0 Å². The van der Waals surface area contributed by atoms with E-state index in [0.29, 0.717) is 18.1 Å². The van der Waals surface area contributed by atoms with Gasteiger partial charge in [-0.05, 0) is 48.8 Å². The van der Waals surface area contributed by atoms with Gasteiger partial charge in [0, 0.05) is 32.8 Å². The number of halogens is 1. The maximum absolute atomic E-state index is 5.70. The molecular formula is C13H20BrNOS. The summed E-state index contributed by atoms with van der Waals surface area (Å²) >= 11 is 5.50. The minimum Gasteiger partial charge on any atom is -0.378 e. The van der Waals surface area contributed by atoms with Crippen molar-refractivity contribution in [2.45, 2.75) is 39.3 Å². The SMILES string of the molecule is CCNC(c1cc(Br)c(C)s1)C1CCOC1C. The molecule has 1 N–H and O–H groups in total. The lowest BCUT2D eigenvalue weighted by atomic mass is 9.92. The Morgan fingerprint density at radius 2 is 2.41 bits per heavy atom. The lowest BCUT2D eigenvalue weighted by Crippen LogP contribution is -2.31. The monoisotopic (exact) mass is 317 g/mol. The quantitative estimate of drug-likeness (QED) is 0.909. The van der Waals surface area contributed by atoms with Gasteiger partial charge in [0.05, 0.1) is 6.10 Å². The van der Waals surface area contributed by atoms with Gasteiger partial charge in [-0.2, -0.15) is 0 Å². The minimum atomic E-state index is 0.361. The topological polar surface area (TPSA) is 21.3 Å². The van der Waals surface area contributed by atoms with Gasteiger partial charge in [-0.3, -0.25) is 0 Å². The Kier molecular flexibility index (Phi) is 4.64. The lowest BCUT2D eigenvalue weighted by molar-refractivity contribution is 0.0959. The van der Waals surface area contributed by atoms with Crippen molar-refractivity contribution in [3.05, 3.63) is 20.3 Å². The summed E-state index contributed by atoms with van der Waals surface area (Å²) in [5, 5.41) is 3.62. The fourth-order valence-corrected chi connectivity index (χ4v) is 4.22. The van der Waals surface area contributed by atoms with Crippen LogP contribution in [0.5, 0.6) is 0 Å². The van der Waals surface area contributed by atoms with Crippen molar-refractivity contribution >= 4 is 27.3 Å². The summed E-state index contributed by atoms with van der Waals surface area (Å²) in [5.41, 5.74) is 0. The first-order chi connectivity index (χ1) is 8.13. The third-order valence-electron chi connectivity index (χ3n) is 3.47. The molecule has 0 amide bonds.